The van der Waals surface area contributed by atoms with E-state index < -0.39 is 28.0 Å². The van der Waals surface area contributed by atoms with E-state index in [1.165, 1.54) is 12.3 Å². The lowest BCUT2D eigenvalue weighted by Gasteiger charge is -2.28. The molecule has 2 unspecified atom stereocenters. The van der Waals surface area contributed by atoms with Gasteiger partial charge in [0.05, 0.1) is 10.8 Å². The fraction of sp³-hybridized carbons (Fsp3) is 0.583. The van der Waals surface area contributed by atoms with E-state index in [9.17, 15) is 13.2 Å². The number of hydrogen-bond acceptors (Lipinski definition) is 3. The highest BCUT2D eigenvalue weighted by atomic mass is 32.2. The highest BCUT2D eigenvalue weighted by Gasteiger charge is 2.34. The number of carboxylic acids is 1. The molecule has 19 heavy (non-hydrogen) atoms. The molecule has 2 N–H and O–H groups in total. The third kappa shape index (κ3) is 3.16. The Morgan fingerprint density at radius 3 is 2.68 bits per heavy atom. The van der Waals surface area contributed by atoms with Crippen LogP contribution in [0.2, 0.25) is 0 Å². The van der Waals surface area contributed by atoms with Gasteiger partial charge in [-0.1, -0.05) is 12.8 Å². The predicted molar refractivity (Wildman–Crippen MR) is 69.1 cm³/mol. The summed E-state index contributed by atoms with van der Waals surface area (Å²) in [7, 11) is -1.90. The summed E-state index contributed by atoms with van der Waals surface area (Å²) in [6.07, 6.45) is 5.93. The van der Waals surface area contributed by atoms with Crippen LogP contribution in [0.3, 0.4) is 0 Å². The average Bonchev–Trinajstić information content (AvgIpc) is 2.76. The Hall–Kier alpha value is -1.34. The maximum Gasteiger partial charge on any atom is 0.308 e. The molecule has 1 aliphatic carbocycles. The van der Waals surface area contributed by atoms with Crippen LogP contribution in [-0.4, -0.2) is 30.1 Å². The minimum atomic E-state index is -3.64. The molecule has 1 heterocycles. The average molecular weight is 286 g/mol. The van der Waals surface area contributed by atoms with E-state index in [0.717, 1.165) is 12.8 Å². The highest BCUT2D eigenvalue weighted by Crippen LogP contribution is 2.26. The molecule has 0 radical (unpaired) electrons. The summed E-state index contributed by atoms with van der Waals surface area (Å²) in [6.45, 7) is 0. The fourth-order valence-corrected chi connectivity index (χ4v) is 3.83. The second-order valence-electron chi connectivity index (χ2n) is 4.97. The summed E-state index contributed by atoms with van der Waals surface area (Å²) < 4.78 is 28.5. The molecule has 1 fully saturated rings. The van der Waals surface area contributed by atoms with Gasteiger partial charge in [0.25, 0.3) is 0 Å². The lowest BCUT2D eigenvalue weighted by atomic mass is 9.85. The minimum absolute atomic E-state index is 0.171. The SMILES string of the molecule is Cn1ccc(S(=O)(=O)NC2CCCCC2C(=O)O)c1. The van der Waals surface area contributed by atoms with Crippen molar-refractivity contribution in [2.75, 3.05) is 0 Å². The molecule has 0 aromatic carbocycles. The van der Waals surface area contributed by atoms with Crippen molar-refractivity contribution in [1.82, 2.24) is 9.29 Å². The molecule has 1 aliphatic rings. The number of nitrogens with one attached hydrogen (secondary N) is 1. The van der Waals surface area contributed by atoms with Gasteiger partial charge in [-0.25, -0.2) is 13.1 Å². The molecular formula is C12H18N2O4S. The Morgan fingerprint density at radius 1 is 1.42 bits per heavy atom. The van der Waals surface area contributed by atoms with Crippen LogP contribution in [0.25, 0.3) is 0 Å². The molecule has 1 aromatic heterocycles. The first-order chi connectivity index (χ1) is 8.90. The topological polar surface area (TPSA) is 88.4 Å². The molecular weight excluding hydrogens is 268 g/mol. The Balaban J connectivity index is 2.16. The van der Waals surface area contributed by atoms with Crippen LogP contribution >= 0.6 is 0 Å². The summed E-state index contributed by atoms with van der Waals surface area (Å²) in [4.78, 5) is 11.3. The van der Waals surface area contributed by atoms with E-state index >= 15 is 0 Å². The van der Waals surface area contributed by atoms with Gasteiger partial charge in [-0.15, -0.1) is 0 Å². The predicted octanol–water partition coefficient (Wildman–Crippen LogP) is 0.947. The van der Waals surface area contributed by atoms with Crippen molar-refractivity contribution in [3.63, 3.8) is 0 Å². The Kier molecular flexibility index (Phi) is 3.96. The van der Waals surface area contributed by atoms with E-state index in [-0.39, 0.29) is 4.90 Å². The molecule has 6 nitrogen and oxygen atoms in total. The maximum absolute atomic E-state index is 12.2. The summed E-state index contributed by atoms with van der Waals surface area (Å²) in [6, 6.07) is 0.984. The monoisotopic (exact) mass is 286 g/mol. The lowest BCUT2D eigenvalue weighted by Crippen LogP contribution is -2.44. The number of aliphatic carboxylic acids is 1. The maximum atomic E-state index is 12.2. The molecule has 106 valence electrons. The van der Waals surface area contributed by atoms with Crippen molar-refractivity contribution in [3.05, 3.63) is 18.5 Å². The van der Waals surface area contributed by atoms with Crippen molar-refractivity contribution >= 4 is 16.0 Å². The Morgan fingerprint density at radius 2 is 2.11 bits per heavy atom. The smallest absolute Gasteiger partial charge is 0.308 e. The summed E-state index contributed by atoms with van der Waals surface area (Å²) >= 11 is 0. The molecule has 1 saturated carbocycles. The zero-order valence-corrected chi connectivity index (χ0v) is 11.6. The van der Waals surface area contributed by atoms with Gasteiger partial charge in [0.15, 0.2) is 0 Å². The first kappa shape index (κ1) is 14.1. The van der Waals surface area contributed by atoms with Crippen LogP contribution in [0.5, 0.6) is 0 Å². The fourth-order valence-electron chi connectivity index (χ4n) is 2.47. The number of nitrogens with zero attached hydrogens (tertiary/aromatic N) is 1. The zero-order chi connectivity index (χ0) is 14.0. The van der Waals surface area contributed by atoms with Gasteiger partial charge < -0.3 is 9.67 Å². The van der Waals surface area contributed by atoms with Gasteiger partial charge in [-0.05, 0) is 18.9 Å². The van der Waals surface area contributed by atoms with Crippen LogP contribution < -0.4 is 4.72 Å². The number of rotatable bonds is 4. The van der Waals surface area contributed by atoms with E-state index in [2.05, 4.69) is 4.72 Å². The van der Waals surface area contributed by atoms with Crippen LogP contribution in [0.4, 0.5) is 0 Å². The van der Waals surface area contributed by atoms with Gasteiger partial charge in [-0.2, -0.15) is 0 Å². The van der Waals surface area contributed by atoms with Crippen LogP contribution in [0, 0.1) is 5.92 Å². The van der Waals surface area contributed by atoms with Gasteiger partial charge >= 0.3 is 5.97 Å². The van der Waals surface area contributed by atoms with E-state index in [0.29, 0.717) is 12.8 Å². The highest BCUT2D eigenvalue weighted by molar-refractivity contribution is 7.89. The van der Waals surface area contributed by atoms with Crippen molar-refractivity contribution in [3.8, 4) is 0 Å². The summed E-state index contributed by atoms with van der Waals surface area (Å²) in [5.41, 5.74) is 0. The lowest BCUT2D eigenvalue weighted by molar-refractivity contribution is -0.143. The van der Waals surface area contributed by atoms with Crippen molar-refractivity contribution in [2.45, 2.75) is 36.6 Å². The zero-order valence-electron chi connectivity index (χ0n) is 10.7. The third-order valence-corrected chi connectivity index (χ3v) is 4.98. The van der Waals surface area contributed by atoms with Gasteiger partial charge in [-0.3, -0.25) is 4.79 Å². The molecule has 0 bridgehead atoms. The third-order valence-electron chi connectivity index (χ3n) is 3.50. The largest absolute Gasteiger partial charge is 0.481 e. The number of hydrogen-bond donors (Lipinski definition) is 2. The quantitative estimate of drug-likeness (QED) is 0.862. The van der Waals surface area contributed by atoms with Crippen molar-refractivity contribution in [1.29, 1.82) is 0 Å². The standard InChI is InChI=1S/C12H18N2O4S/c1-14-7-6-9(8-14)19(17,18)13-11-5-3-2-4-10(11)12(15)16/h6-8,10-11,13H,2-5H2,1H3,(H,15,16). The number of sulfonamides is 1. The summed E-state index contributed by atoms with van der Waals surface area (Å²) in [5, 5.41) is 9.14. The van der Waals surface area contributed by atoms with E-state index in [4.69, 9.17) is 5.11 Å². The van der Waals surface area contributed by atoms with Gasteiger partial charge in [0.2, 0.25) is 10.0 Å². The normalized spacial score (nSPS) is 24.3. The molecule has 0 spiro atoms. The minimum Gasteiger partial charge on any atom is -0.481 e. The number of carboxylic acid groups (broad SMARTS) is 1. The van der Waals surface area contributed by atoms with Crippen LogP contribution in [0.15, 0.2) is 23.4 Å². The summed E-state index contributed by atoms with van der Waals surface area (Å²) in [5.74, 6) is -1.56. The van der Waals surface area contributed by atoms with Crippen LogP contribution in [-0.2, 0) is 21.9 Å². The van der Waals surface area contributed by atoms with Crippen LogP contribution in [0.1, 0.15) is 25.7 Å². The molecule has 2 atom stereocenters. The van der Waals surface area contributed by atoms with E-state index in [1.807, 2.05) is 0 Å². The van der Waals surface area contributed by atoms with Crippen molar-refractivity contribution in [2.24, 2.45) is 13.0 Å². The Bertz CT molecular complexity index is 564. The molecule has 0 saturated heterocycles. The number of carbonyl (C=O) groups is 1. The second kappa shape index (κ2) is 5.34. The van der Waals surface area contributed by atoms with Crippen molar-refractivity contribution < 1.29 is 18.3 Å². The molecule has 7 heteroatoms. The van der Waals surface area contributed by atoms with E-state index in [1.54, 1.807) is 17.8 Å². The molecule has 2 rings (SSSR count). The number of aryl methyl sites for hydroxylation is 1. The molecule has 0 aliphatic heterocycles. The van der Waals surface area contributed by atoms with Gasteiger partial charge in [0.1, 0.15) is 0 Å². The Labute approximate surface area is 112 Å². The number of aromatic nitrogens is 1. The first-order valence-corrected chi connectivity index (χ1v) is 7.75. The second-order valence-corrected chi connectivity index (χ2v) is 6.68. The van der Waals surface area contributed by atoms with Gasteiger partial charge in [0, 0.05) is 25.5 Å². The molecule has 1 aromatic rings. The molecule has 0 amide bonds. The first-order valence-electron chi connectivity index (χ1n) is 6.27.